The van der Waals surface area contributed by atoms with Crippen molar-refractivity contribution in [2.24, 2.45) is 11.1 Å². The molecule has 1 aliphatic heterocycles. The molecule has 2 atom stereocenters. The van der Waals surface area contributed by atoms with Crippen molar-refractivity contribution in [2.45, 2.75) is 51.6 Å². The molecular formula is C11H20N2O. The van der Waals surface area contributed by atoms with E-state index in [-0.39, 0.29) is 11.9 Å². The van der Waals surface area contributed by atoms with Gasteiger partial charge in [-0.2, -0.15) is 0 Å². The molecule has 1 saturated heterocycles. The minimum Gasteiger partial charge on any atom is -0.336 e. The lowest BCUT2D eigenvalue weighted by atomic mass is 9.74. The molecule has 3 nitrogen and oxygen atoms in total. The van der Waals surface area contributed by atoms with Gasteiger partial charge in [-0.1, -0.05) is 20.3 Å². The topological polar surface area (TPSA) is 46.3 Å². The summed E-state index contributed by atoms with van der Waals surface area (Å²) >= 11 is 0. The van der Waals surface area contributed by atoms with Crippen LogP contribution < -0.4 is 5.73 Å². The van der Waals surface area contributed by atoms with Gasteiger partial charge in [0.15, 0.2) is 0 Å². The lowest BCUT2D eigenvalue weighted by molar-refractivity contribution is -0.147. The van der Waals surface area contributed by atoms with Gasteiger partial charge in [0.05, 0.1) is 0 Å². The number of nitrogens with two attached hydrogens (primary N) is 1. The number of amides is 1. The predicted octanol–water partition coefficient (Wildman–Crippen LogP) is 1.12. The van der Waals surface area contributed by atoms with Gasteiger partial charge in [-0.25, -0.2) is 0 Å². The van der Waals surface area contributed by atoms with E-state index in [1.54, 1.807) is 0 Å². The van der Waals surface area contributed by atoms with E-state index in [0.717, 1.165) is 13.0 Å². The zero-order valence-electron chi connectivity index (χ0n) is 9.12. The molecule has 0 aromatic carbocycles. The molecule has 2 unspecified atom stereocenters. The Morgan fingerprint density at radius 1 is 1.50 bits per heavy atom. The first kappa shape index (κ1) is 9.97. The summed E-state index contributed by atoms with van der Waals surface area (Å²) in [6.45, 7) is 5.37. The second-order valence-electron chi connectivity index (χ2n) is 5.51. The third-order valence-electron chi connectivity index (χ3n) is 3.61. The summed E-state index contributed by atoms with van der Waals surface area (Å²) in [5, 5.41) is 0. The van der Waals surface area contributed by atoms with Gasteiger partial charge in [0.25, 0.3) is 0 Å². The monoisotopic (exact) mass is 196 g/mol. The molecule has 80 valence electrons. The largest absolute Gasteiger partial charge is 0.336 e. The van der Waals surface area contributed by atoms with Gasteiger partial charge in [-0.15, -0.1) is 0 Å². The van der Waals surface area contributed by atoms with Gasteiger partial charge < -0.3 is 10.6 Å². The Balaban J connectivity index is 1.96. The van der Waals surface area contributed by atoms with Crippen LogP contribution in [0.1, 0.15) is 39.5 Å². The Bertz CT molecular complexity index is 250. The standard InChI is InChI=1S/C11H20N2O/c1-11(2)5-3-4-8(6-11)13-7-9(12)10(13)14/h8-9H,3-7,12H2,1-2H3. The number of likely N-dealkylation sites (tertiary alicyclic amines) is 1. The molecule has 0 spiro atoms. The van der Waals surface area contributed by atoms with E-state index in [1.165, 1.54) is 19.3 Å². The molecular weight excluding hydrogens is 176 g/mol. The molecule has 1 heterocycles. The number of carbonyl (C=O) groups excluding carboxylic acids is 1. The van der Waals surface area contributed by atoms with E-state index in [4.69, 9.17) is 5.73 Å². The lowest BCUT2D eigenvalue weighted by Gasteiger charge is -2.47. The zero-order valence-corrected chi connectivity index (χ0v) is 9.12. The average Bonchev–Trinajstić information content (AvgIpc) is 2.12. The van der Waals surface area contributed by atoms with Crippen LogP contribution in [0, 0.1) is 5.41 Å². The third-order valence-corrected chi connectivity index (χ3v) is 3.61. The molecule has 2 rings (SSSR count). The first-order chi connectivity index (χ1) is 6.49. The minimum atomic E-state index is -0.208. The van der Waals surface area contributed by atoms with Gasteiger partial charge in [-0.3, -0.25) is 4.79 Å². The van der Waals surface area contributed by atoms with Crippen molar-refractivity contribution >= 4 is 5.91 Å². The van der Waals surface area contributed by atoms with Crippen LogP contribution >= 0.6 is 0 Å². The van der Waals surface area contributed by atoms with Crippen LogP contribution in [0.2, 0.25) is 0 Å². The lowest BCUT2D eigenvalue weighted by Crippen LogP contribution is -2.64. The molecule has 1 amide bonds. The molecule has 0 aromatic rings. The number of β-lactam (4-membered cyclic amide) rings is 1. The first-order valence-electron chi connectivity index (χ1n) is 5.56. The van der Waals surface area contributed by atoms with Gasteiger partial charge in [0.2, 0.25) is 5.91 Å². The van der Waals surface area contributed by atoms with Crippen molar-refractivity contribution in [2.75, 3.05) is 6.54 Å². The van der Waals surface area contributed by atoms with Crippen LogP contribution in [0.5, 0.6) is 0 Å². The highest BCUT2D eigenvalue weighted by atomic mass is 16.2. The van der Waals surface area contributed by atoms with Crippen molar-refractivity contribution in [3.05, 3.63) is 0 Å². The minimum absolute atomic E-state index is 0.160. The number of carbonyl (C=O) groups is 1. The van der Waals surface area contributed by atoms with Crippen LogP contribution in [0.3, 0.4) is 0 Å². The van der Waals surface area contributed by atoms with E-state index >= 15 is 0 Å². The van der Waals surface area contributed by atoms with Crippen LogP contribution in [-0.4, -0.2) is 29.4 Å². The second kappa shape index (κ2) is 3.23. The maximum Gasteiger partial charge on any atom is 0.241 e. The van der Waals surface area contributed by atoms with Crippen molar-refractivity contribution in [1.29, 1.82) is 0 Å². The van der Waals surface area contributed by atoms with Crippen LogP contribution in [0.15, 0.2) is 0 Å². The Morgan fingerprint density at radius 3 is 2.71 bits per heavy atom. The summed E-state index contributed by atoms with van der Waals surface area (Å²) in [6.07, 6.45) is 4.85. The molecule has 1 aliphatic carbocycles. The number of hydrogen-bond donors (Lipinski definition) is 1. The van der Waals surface area contributed by atoms with Gasteiger partial charge >= 0.3 is 0 Å². The van der Waals surface area contributed by atoms with Gasteiger partial charge in [0.1, 0.15) is 6.04 Å². The second-order valence-corrected chi connectivity index (χ2v) is 5.51. The third kappa shape index (κ3) is 1.65. The highest BCUT2D eigenvalue weighted by Crippen LogP contribution is 2.38. The average molecular weight is 196 g/mol. The Labute approximate surface area is 85.6 Å². The first-order valence-corrected chi connectivity index (χ1v) is 5.56. The van der Waals surface area contributed by atoms with Crippen LogP contribution in [0.4, 0.5) is 0 Å². The van der Waals surface area contributed by atoms with Crippen LogP contribution in [0.25, 0.3) is 0 Å². The normalized spacial score (nSPS) is 36.8. The fourth-order valence-electron chi connectivity index (χ4n) is 2.73. The van der Waals surface area contributed by atoms with E-state index in [0.29, 0.717) is 11.5 Å². The van der Waals surface area contributed by atoms with Crippen molar-refractivity contribution in [3.63, 3.8) is 0 Å². The van der Waals surface area contributed by atoms with Crippen molar-refractivity contribution in [1.82, 2.24) is 4.90 Å². The maximum absolute atomic E-state index is 11.5. The Morgan fingerprint density at radius 2 is 2.21 bits per heavy atom. The SMILES string of the molecule is CC1(C)CCCC(N2CC(N)C2=O)C1. The molecule has 1 saturated carbocycles. The smallest absolute Gasteiger partial charge is 0.241 e. The Hall–Kier alpha value is -0.570. The summed E-state index contributed by atoms with van der Waals surface area (Å²) in [7, 11) is 0. The fourth-order valence-corrected chi connectivity index (χ4v) is 2.73. The number of nitrogens with zero attached hydrogens (tertiary/aromatic N) is 1. The predicted molar refractivity (Wildman–Crippen MR) is 55.7 cm³/mol. The zero-order chi connectivity index (χ0) is 10.3. The number of hydrogen-bond acceptors (Lipinski definition) is 2. The summed E-state index contributed by atoms with van der Waals surface area (Å²) in [5.41, 5.74) is 6.00. The molecule has 0 aromatic heterocycles. The molecule has 2 fully saturated rings. The molecule has 2 aliphatic rings. The molecule has 0 bridgehead atoms. The molecule has 3 heteroatoms. The summed E-state index contributed by atoms with van der Waals surface area (Å²) in [6, 6.07) is 0.256. The Kier molecular flexibility index (Phi) is 2.30. The maximum atomic E-state index is 11.5. The van der Waals surface area contributed by atoms with Gasteiger partial charge in [-0.05, 0) is 24.7 Å². The van der Waals surface area contributed by atoms with Crippen molar-refractivity contribution in [3.8, 4) is 0 Å². The highest BCUT2D eigenvalue weighted by molar-refractivity contribution is 5.88. The van der Waals surface area contributed by atoms with E-state index < -0.39 is 0 Å². The van der Waals surface area contributed by atoms with Crippen LogP contribution in [-0.2, 0) is 4.79 Å². The summed E-state index contributed by atoms with van der Waals surface area (Å²) < 4.78 is 0. The quantitative estimate of drug-likeness (QED) is 0.639. The van der Waals surface area contributed by atoms with E-state index in [2.05, 4.69) is 13.8 Å². The van der Waals surface area contributed by atoms with Crippen molar-refractivity contribution < 1.29 is 4.79 Å². The van der Waals surface area contributed by atoms with E-state index in [9.17, 15) is 4.79 Å². The fraction of sp³-hybridized carbons (Fsp3) is 0.909. The number of rotatable bonds is 1. The van der Waals surface area contributed by atoms with Gasteiger partial charge in [0, 0.05) is 12.6 Å². The molecule has 2 N–H and O–H groups in total. The summed E-state index contributed by atoms with van der Waals surface area (Å²) in [5.74, 6) is 0.160. The summed E-state index contributed by atoms with van der Waals surface area (Å²) in [4.78, 5) is 13.5. The van der Waals surface area contributed by atoms with E-state index in [1.807, 2.05) is 4.90 Å². The molecule has 0 radical (unpaired) electrons. The highest BCUT2D eigenvalue weighted by Gasteiger charge is 2.41. The molecule has 14 heavy (non-hydrogen) atoms.